The zero-order valence-corrected chi connectivity index (χ0v) is 19.0. The van der Waals surface area contributed by atoms with E-state index >= 15 is 0 Å². The molecule has 1 aliphatic heterocycles. The molecule has 0 N–H and O–H groups in total. The summed E-state index contributed by atoms with van der Waals surface area (Å²) in [6.07, 6.45) is 3.90. The zero-order chi connectivity index (χ0) is 21.6. The van der Waals surface area contributed by atoms with E-state index in [4.69, 9.17) is 14.5 Å². The summed E-state index contributed by atoms with van der Waals surface area (Å²) in [5.74, 6) is 2.24. The van der Waals surface area contributed by atoms with Crippen molar-refractivity contribution >= 4 is 22.7 Å². The molecule has 0 unspecified atom stereocenters. The van der Waals surface area contributed by atoms with Gasteiger partial charge in [-0.1, -0.05) is 36.4 Å². The molecule has 164 valence electrons. The number of aromatic nitrogens is 2. The van der Waals surface area contributed by atoms with Gasteiger partial charge in [-0.2, -0.15) is 0 Å². The zero-order valence-electron chi connectivity index (χ0n) is 18.2. The summed E-state index contributed by atoms with van der Waals surface area (Å²) in [6, 6.07) is 13.3. The molecule has 0 radical (unpaired) electrons. The average molecular weight is 440 g/mol. The summed E-state index contributed by atoms with van der Waals surface area (Å²) in [7, 11) is 3.24. The van der Waals surface area contributed by atoms with Gasteiger partial charge in [0.2, 0.25) is 0 Å². The van der Waals surface area contributed by atoms with Gasteiger partial charge in [0.25, 0.3) is 5.56 Å². The first-order valence-corrected chi connectivity index (χ1v) is 11.7. The van der Waals surface area contributed by atoms with Crippen LogP contribution in [0.15, 0.2) is 52.4 Å². The molecule has 0 aliphatic carbocycles. The minimum absolute atomic E-state index is 0.0131. The Hall–Kier alpha value is -2.51. The molecule has 0 spiro atoms. The number of nitrogens with zero attached hydrogens (tertiary/aromatic N) is 3. The molecular weight excluding hydrogens is 410 g/mol. The summed E-state index contributed by atoms with van der Waals surface area (Å²) in [5.41, 5.74) is 1.70. The molecule has 6 nitrogen and oxygen atoms in total. The van der Waals surface area contributed by atoms with E-state index in [9.17, 15) is 4.79 Å². The van der Waals surface area contributed by atoms with Crippen LogP contribution < -0.4 is 15.0 Å². The molecule has 2 heterocycles. The Bertz CT molecular complexity index is 1090. The Kier molecular flexibility index (Phi) is 7.14. The summed E-state index contributed by atoms with van der Waals surface area (Å²) in [6.45, 7) is 3.79. The number of fused-ring (bicyclic) bond motifs is 1. The van der Waals surface area contributed by atoms with Gasteiger partial charge in [0.05, 0.1) is 31.7 Å². The number of benzene rings is 2. The topological polar surface area (TPSA) is 56.6 Å². The molecule has 1 aromatic heterocycles. The van der Waals surface area contributed by atoms with Crippen molar-refractivity contribution in [1.82, 2.24) is 14.5 Å². The van der Waals surface area contributed by atoms with E-state index < -0.39 is 0 Å². The molecular formula is C24H29N3O3S. The Morgan fingerprint density at radius 2 is 1.77 bits per heavy atom. The summed E-state index contributed by atoms with van der Waals surface area (Å²) in [5, 5.41) is 1.40. The van der Waals surface area contributed by atoms with Gasteiger partial charge < -0.3 is 14.4 Å². The molecule has 0 saturated carbocycles. The normalized spacial score (nSPS) is 14.6. The number of rotatable bonds is 8. The van der Waals surface area contributed by atoms with E-state index in [0.717, 1.165) is 28.5 Å². The summed E-state index contributed by atoms with van der Waals surface area (Å²) in [4.78, 5) is 20.7. The Labute approximate surface area is 187 Å². The fourth-order valence-electron chi connectivity index (χ4n) is 4.01. The second-order valence-corrected chi connectivity index (χ2v) is 8.80. The van der Waals surface area contributed by atoms with E-state index in [2.05, 4.69) is 4.90 Å². The Balaban J connectivity index is 1.63. The second kappa shape index (κ2) is 10.2. The lowest BCUT2D eigenvalue weighted by molar-refractivity contribution is 0.242. The molecule has 1 fully saturated rings. The van der Waals surface area contributed by atoms with E-state index in [0.29, 0.717) is 23.4 Å². The van der Waals surface area contributed by atoms with Crippen LogP contribution >= 0.6 is 11.8 Å². The third kappa shape index (κ3) is 5.05. The van der Waals surface area contributed by atoms with E-state index in [1.54, 1.807) is 30.5 Å². The standard InChI is InChI=1S/C24H29N3O3S/c1-29-21-11-10-18(16-22(21)30-2)17-27-23(28)19-8-4-5-9-20(19)25-24(27)31-15-14-26-12-6-3-7-13-26/h4-5,8-11,16H,3,6-7,12-15,17H2,1-2H3. The van der Waals surface area contributed by atoms with Gasteiger partial charge in [0.15, 0.2) is 16.7 Å². The van der Waals surface area contributed by atoms with Crippen LogP contribution in [0.3, 0.4) is 0 Å². The van der Waals surface area contributed by atoms with Crippen LogP contribution in [0.25, 0.3) is 10.9 Å². The van der Waals surface area contributed by atoms with Crippen molar-refractivity contribution in [2.45, 2.75) is 31.0 Å². The van der Waals surface area contributed by atoms with Crippen molar-refractivity contribution in [3.05, 3.63) is 58.4 Å². The van der Waals surface area contributed by atoms with Crippen molar-refractivity contribution in [3.8, 4) is 11.5 Å². The maximum Gasteiger partial charge on any atom is 0.262 e. The molecule has 31 heavy (non-hydrogen) atoms. The summed E-state index contributed by atoms with van der Waals surface area (Å²) < 4.78 is 12.6. The lowest BCUT2D eigenvalue weighted by Gasteiger charge is -2.26. The lowest BCUT2D eigenvalue weighted by atomic mass is 10.1. The molecule has 4 rings (SSSR count). The van der Waals surface area contributed by atoms with Gasteiger partial charge in [-0.3, -0.25) is 9.36 Å². The van der Waals surface area contributed by atoms with Crippen molar-refractivity contribution in [3.63, 3.8) is 0 Å². The number of ether oxygens (including phenoxy) is 2. The van der Waals surface area contributed by atoms with Crippen LogP contribution in [0.2, 0.25) is 0 Å². The van der Waals surface area contributed by atoms with Crippen LogP contribution in [-0.4, -0.2) is 54.1 Å². The number of hydrogen-bond acceptors (Lipinski definition) is 6. The predicted octanol–water partition coefficient (Wildman–Crippen LogP) is 4.04. The maximum atomic E-state index is 13.3. The van der Waals surface area contributed by atoms with Crippen molar-refractivity contribution < 1.29 is 9.47 Å². The molecule has 3 aromatic rings. The predicted molar refractivity (Wildman–Crippen MR) is 126 cm³/mol. The molecule has 7 heteroatoms. The fraction of sp³-hybridized carbons (Fsp3) is 0.417. The average Bonchev–Trinajstić information content (AvgIpc) is 2.82. The van der Waals surface area contributed by atoms with Gasteiger partial charge in [0.1, 0.15) is 0 Å². The minimum Gasteiger partial charge on any atom is -0.493 e. The number of hydrogen-bond donors (Lipinski definition) is 0. The number of para-hydroxylation sites is 1. The number of piperidine rings is 1. The fourth-order valence-corrected chi connectivity index (χ4v) is 5.01. The first-order valence-electron chi connectivity index (χ1n) is 10.7. The first kappa shape index (κ1) is 21.7. The minimum atomic E-state index is -0.0131. The SMILES string of the molecule is COc1ccc(Cn2c(SCCN3CCCCC3)nc3ccccc3c2=O)cc1OC. The monoisotopic (exact) mass is 439 g/mol. The quantitative estimate of drug-likeness (QED) is 0.390. The summed E-state index contributed by atoms with van der Waals surface area (Å²) >= 11 is 1.66. The van der Waals surface area contributed by atoms with Gasteiger partial charge in [-0.25, -0.2) is 4.98 Å². The van der Waals surface area contributed by atoms with Gasteiger partial charge in [-0.05, 0) is 55.8 Å². The van der Waals surface area contributed by atoms with Crippen LogP contribution in [0.4, 0.5) is 0 Å². The molecule has 0 bridgehead atoms. The van der Waals surface area contributed by atoms with Gasteiger partial charge in [0, 0.05) is 12.3 Å². The number of likely N-dealkylation sites (tertiary alicyclic amines) is 1. The highest BCUT2D eigenvalue weighted by Gasteiger charge is 2.15. The Morgan fingerprint density at radius 1 is 1.00 bits per heavy atom. The maximum absolute atomic E-state index is 13.3. The molecule has 1 aliphatic rings. The van der Waals surface area contributed by atoms with E-state index in [-0.39, 0.29) is 5.56 Å². The smallest absolute Gasteiger partial charge is 0.262 e. The molecule has 1 saturated heterocycles. The number of thioether (sulfide) groups is 1. The van der Waals surface area contributed by atoms with Crippen LogP contribution in [0, 0.1) is 0 Å². The molecule has 0 amide bonds. The number of methoxy groups -OCH3 is 2. The van der Waals surface area contributed by atoms with Crippen LogP contribution in [0.1, 0.15) is 24.8 Å². The van der Waals surface area contributed by atoms with Crippen LogP contribution in [-0.2, 0) is 6.54 Å². The van der Waals surface area contributed by atoms with E-state index in [1.807, 2.05) is 42.5 Å². The third-order valence-corrected chi connectivity index (χ3v) is 6.66. The molecule has 0 atom stereocenters. The van der Waals surface area contributed by atoms with E-state index in [1.165, 1.54) is 32.4 Å². The second-order valence-electron chi connectivity index (χ2n) is 7.74. The van der Waals surface area contributed by atoms with Gasteiger partial charge >= 0.3 is 0 Å². The lowest BCUT2D eigenvalue weighted by Crippen LogP contribution is -2.32. The highest BCUT2D eigenvalue weighted by atomic mass is 32.2. The van der Waals surface area contributed by atoms with Crippen molar-refractivity contribution in [2.75, 3.05) is 39.6 Å². The first-order chi connectivity index (χ1) is 15.2. The van der Waals surface area contributed by atoms with Gasteiger partial charge in [-0.15, -0.1) is 0 Å². The molecule has 2 aromatic carbocycles. The third-order valence-electron chi connectivity index (χ3n) is 5.70. The highest BCUT2D eigenvalue weighted by Crippen LogP contribution is 2.28. The largest absolute Gasteiger partial charge is 0.493 e. The van der Waals surface area contributed by atoms with Crippen molar-refractivity contribution in [2.24, 2.45) is 0 Å². The van der Waals surface area contributed by atoms with Crippen LogP contribution in [0.5, 0.6) is 11.5 Å². The Morgan fingerprint density at radius 3 is 2.55 bits per heavy atom. The van der Waals surface area contributed by atoms with Crippen molar-refractivity contribution in [1.29, 1.82) is 0 Å². The highest BCUT2D eigenvalue weighted by molar-refractivity contribution is 7.99.